The Morgan fingerprint density at radius 3 is 3.00 bits per heavy atom. The van der Waals surface area contributed by atoms with Gasteiger partial charge in [-0.05, 0) is 37.3 Å². The minimum Gasteiger partial charge on any atom is -0.372 e. The largest absolute Gasteiger partial charge is 0.372 e. The second kappa shape index (κ2) is 5.65. The van der Waals surface area contributed by atoms with Gasteiger partial charge in [-0.1, -0.05) is 0 Å². The summed E-state index contributed by atoms with van der Waals surface area (Å²) in [4.78, 5) is 15.2. The van der Waals surface area contributed by atoms with E-state index in [0.29, 0.717) is 6.42 Å². The maximum Gasteiger partial charge on any atom is 0.225 e. The molecule has 0 spiro atoms. The van der Waals surface area contributed by atoms with Crippen molar-refractivity contribution in [3.8, 4) is 0 Å². The predicted molar refractivity (Wildman–Crippen MR) is 69.3 cm³/mol. The Kier molecular flexibility index (Phi) is 4.18. The number of rotatable bonds is 4. The highest BCUT2D eigenvalue weighted by atomic mass is 32.1. The molecule has 1 aliphatic rings. The molecule has 0 fully saturated rings. The molecule has 3 nitrogen and oxygen atoms in total. The molecule has 0 N–H and O–H groups in total. The molecular formula is C13H19NO2S. The molecule has 94 valence electrons. The molecular weight excluding hydrogens is 234 g/mol. The summed E-state index contributed by atoms with van der Waals surface area (Å²) >= 11 is 1.71. The quantitative estimate of drug-likeness (QED) is 0.825. The van der Waals surface area contributed by atoms with E-state index in [2.05, 4.69) is 11.4 Å². The summed E-state index contributed by atoms with van der Waals surface area (Å²) < 4.78 is 5.74. The molecule has 0 saturated carbocycles. The van der Waals surface area contributed by atoms with Crippen LogP contribution in [0.4, 0.5) is 0 Å². The first-order chi connectivity index (χ1) is 8.26. The lowest BCUT2D eigenvalue weighted by Gasteiger charge is -2.26. The van der Waals surface area contributed by atoms with Crippen LogP contribution in [0.3, 0.4) is 0 Å². The molecule has 4 heteroatoms. The average Bonchev–Trinajstić information content (AvgIpc) is 2.80. The third-order valence-corrected chi connectivity index (χ3v) is 4.29. The lowest BCUT2D eigenvalue weighted by molar-refractivity contribution is -0.134. The number of nitrogens with zero attached hydrogens (tertiary/aromatic N) is 1. The van der Waals surface area contributed by atoms with Gasteiger partial charge < -0.3 is 9.64 Å². The predicted octanol–water partition coefficient (Wildman–Crippen LogP) is 2.62. The van der Waals surface area contributed by atoms with Gasteiger partial charge in [-0.15, -0.1) is 11.3 Å². The zero-order chi connectivity index (χ0) is 12.3. The fourth-order valence-electron chi connectivity index (χ4n) is 2.24. The van der Waals surface area contributed by atoms with Gasteiger partial charge in [0.15, 0.2) is 0 Å². The molecule has 0 radical (unpaired) electrons. The summed E-state index contributed by atoms with van der Waals surface area (Å²) in [6.45, 7) is 6.32. The van der Waals surface area contributed by atoms with E-state index in [1.165, 1.54) is 10.4 Å². The fraction of sp³-hybridized carbons (Fsp3) is 0.615. The Morgan fingerprint density at radius 2 is 2.29 bits per heavy atom. The van der Waals surface area contributed by atoms with Crippen LogP contribution >= 0.6 is 11.3 Å². The summed E-state index contributed by atoms with van der Waals surface area (Å²) in [7, 11) is 0. The van der Waals surface area contributed by atoms with Crippen molar-refractivity contribution >= 4 is 17.2 Å². The molecule has 0 saturated heterocycles. The van der Waals surface area contributed by atoms with E-state index in [0.717, 1.165) is 26.1 Å². The van der Waals surface area contributed by atoms with E-state index in [4.69, 9.17) is 4.74 Å². The van der Waals surface area contributed by atoms with Gasteiger partial charge in [-0.2, -0.15) is 0 Å². The Bertz CT molecular complexity index is 385. The summed E-state index contributed by atoms with van der Waals surface area (Å²) in [5.41, 5.74) is 1.36. The highest BCUT2D eigenvalue weighted by Gasteiger charge is 2.25. The average molecular weight is 253 g/mol. The van der Waals surface area contributed by atoms with Crippen LogP contribution in [0.1, 0.15) is 36.8 Å². The number of amides is 1. The Labute approximate surface area is 106 Å². The highest BCUT2D eigenvalue weighted by Crippen LogP contribution is 2.34. The number of fused-ring (bicyclic) bond motifs is 1. The highest BCUT2D eigenvalue weighted by molar-refractivity contribution is 7.10. The van der Waals surface area contributed by atoms with Gasteiger partial charge in [-0.25, -0.2) is 0 Å². The maximum absolute atomic E-state index is 12.1. The molecule has 1 amide bonds. The lowest BCUT2D eigenvalue weighted by atomic mass is 10.1. The number of hydrogen-bond donors (Lipinski definition) is 0. The molecule has 1 aromatic rings. The van der Waals surface area contributed by atoms with Crippen molar-refractivity contribution in [1.82, 2.24) is 4.90 Å². The van der Waals surface area contributed by atoms with Crippen LogP contribution in [0.5, 0.6) is 0 Å². The van der Waals surface area contributed by atoms with E-state index >= 15 is 0 Å². The smallest absolute Gasteiger partial charge is 0.225 e. The van der Waals surface area contributed by atoms with Crippen LogP contribution in [0, 0.1) is 0 Å². The molecule has 2 rings (SSSR count). The molecule has 2 heterocycles. The summed E-state index contributed by atoms with van der Waals surface area (Å²) in [6.07, 6.45) is 1.44. The Morgan fingerprint density at radius 1 is 1.53 bits per heavy atom. The monoisotopic (exact) mass is 253 g/mol. The van der Waals surface area contributed by atoms with E-state index < -0.39 is 0 Å². The van der Waals surface area contributed by atoms with Gasteiger partial charge >= 0.3 is 0 Å². The van der Waals surface area contributed by atoms with E-state index in [-0.39, 0.29) is 12.0 Å². The summed E-state index contributed by atoms with van der Waals surface area (Å²) in [5, 5.41) is 2.09. The van der Waals surface area contributed by atoms with Crippen molar-refractivity contribution < 1.29 is 9.53 Å². The maximum atomic E-state index is 12.1. The van der Waals surface area contributed by atoms with E-state index in [1.807, 2.05) is 18.7 Å². The first kappa shape index (κ1) is 12.6. The number of hydrogen-bond acceptors (Lipinski definition) is 3. The number of ether oxygens (including phenoxy) is 1. The van der Waals surface area contributed by atoms with Crippen LogP contribution < -0.4 is 0 Å². The standard InChI is InChI=1S/C13H19NO2S/c1-3-14(4-2)12(15)9-11-13-10(5-7-16-11)6-8-17-13/h6,8,11H,3-5,7,9H2,1-2H3/t11-/m1/s1. The Hall–Kier alpha value is -0.870. The minimum atomic E-state index is -0.0214. The number of carbonyl (C=O) groups excluding carboxylic acids is 1. The number of carbonyl (C=O) groups is 1. The second-order valence-electron chi connectivity index (χ2n) is 4.19. The van der Waals surface area contributed by atoms with Gasteiger partial charge in [0.2, 0.25) is 5.91 Å². The normalized spacial score (nSPS) is 18.8. The first-order valence-corrected chi connectivity index (χ1v) is 7.09. The molecule has 0 aromatic carbocycles. The second-order valence-corrected chi connectivity index (χ2v) is 5.14. The Balaban J connectivity index is 2.04. The fourth-order valence-corrected chi connectivity index (χ4v) is 3.24. The third-order valence-electron chi connectivity index (χ3n) is 3.24. The van der Waals surface area contributed by atoms with Crippen molar-refractivity contribution in [3.63, 3.8) is 0 Å². The van der Waals surface area contributed by atoms with Crippen molar-refractivity contribution in [2.24, 2.45) is 0 Å². The topological polar surface area (TPSA) is 29.5 Å². The summed E-state index contributed by atoms with van der Waals surface area (Å²) in [6, 6.07) is 2.15. The molecule has 1 aliphatic heterocycles. The van der Waals surface area contributed by atoms with Gasteiger partial charge in [0, 0.05) is 18.0 Å². The van der Waals surface area contributed by atoms with Crippen molar-refractivity contribution in [3.05, 3.63) is 21.9 Å². The van der Waals surface area contributed by atoms with Crippen LogP contribution in [-0.2, 0) is 16.0 Å². The molecule has 0 unspecified atom stereocenters. The van der Waals surface area contributed by atoms with Gasteiger partial charge in [0.05, 0.1) is 13.0 Å². The van der Waals surface area contributed by atoms with Crippen LogP contribution in [-0.4, -0.2) is 30.5 Å². The van der Waals surface area contributed by atoms with Crippen LogP contribution in [0.25, 0.3) is 0 Å². The van der Waals surface area contributed by atoms with Crippen LogP contribution in [0.15, 0.2) is 11.4 Å². The third kappa shape index (κ3) is 2.69. The molecule has 0 bridgehead atoms. The summed E-state index contributed by atoms with van der Waals surface area (Å²) in [5.74, 6) is 0.196. The van der Waals surface area contributed by atoms with Gasteiger partial charge in [0.25, 0.3) is 0 Å². The minimum absolute atomic E-state index is 0.0214. The molecule has 1 aromatic heterocycles. The SMILES string of the molecule is CCN(CC)C(=O)C[C@H]1OCCc2ccsc21. The van der Waals surface area contributed by atoms with Crippen molar-refractivity contribution in [2.75, 3.05) is 19.7 Å². The number of thiophene rings is 1. The molecule has 17 heavy (non-hydrogen) atoms. The van der Waals surface area contributed by atoms with Crippen LogP contribution in [0.2, 0.25) is 0 Å². The van der Waals surface area contributed by atoms with Gasteiger partial charge in [0.1, 0.15) is 6.10 Å². The van der Waals surface area contributed by atoms with E-state index in [1.54, 1.807) is 11.3 Å². The van der Waals surface area contributed by atoms with Gasteiger partial charge in [-0.3, -0.25) is 4.79 Å². The zero-order valence-corrected chi connectivity index (χ0v) is 11.3. The van der Waals surface area contributed by atoms with E-state index in [9.17, 15) is 4.79 Å². The lowest BCUT2D eigenvalue weighted by Crippen LogP contribution is -2.32. The molecule has 1 atom stereocenters. The zero-order valence-electron chi connectivity index (χ0n) is 10.4. The van der Waals surface area contributed by atoms with Crippen molar-refractivity contribution in [2.45, 2.75) is 32.8 Å². The molecule has 0 aliphatic carbocycles. The first-order valence-electron chi connectivity index (χ1n) is 6.21. The van der Waals surface area contributed by atoms with Crippen molar-refractivity contribution in [1.29, 1.82) is 0 Å².